The first kappa shape index (κ1) is 45.0. The van der Waals surface area contributed by atoms with Gasteiger partial charge in [0.1, 0.15) is 0 Å². The van der Waals surface area contributed by atoms with Crippen LogP contribution in [-0.2, 0) is 13.1 Å². The van der Waals surface area contributed by atoms with E-state index < -0.39 is 0 Å². The standard InChI is InChI=1S/C28H40BrN9S.5ClH/c29-24-16-21(18-35-25-5-3-23(4-6-25)26-20-39-28(36-26)37-27(30)31)15-22(17-24)19-38-13-2-9-33-11-10-32-7-1-8-34-12-14-38;;;;;/h3-6,15-17,20,32-35H,1-2,7-14,18-19H2,(H4,30,31,36,37);5*1H. The topological polar surface area (TPSA) is 129 Å². The molecule has 9 nitrogen and oxygen atoms in total. The van der Waals surface area contributed by atoms with Gasteiger partial charge in [-0.2, -0.15) is 4.99 Å². The summed E-state index contributed by atoms with van der Waals surface area (Å²) in [6, 6.07) is 15.0. The van der Waals surface area contributed by atoms with E-state index in [1.54, 1.807) is 0 Å². The summed E-state index contributed by atoms with van der Waals surface area (Å²) >= 11 is 5.15. The van der Waals surface area contributed by atoms with Crippen molar-refractivity contribution in [3.8, 4) is 11.3 Å². The van der Waals surface area contributed by atoms with E-state index in [4.69, 9.17) is 11.5 Å². The second kappa shape index (κ2) is 25.1. The summed E-state index contributed by atoms with van der Waals surface area (Å²) < 4.78 is 1.11. The monoisotopic (exact) mass is 793 g/mol. The zero-order valence-electron chi connectivity index (χ0n) is 24.4. The van der Waals surface area contributed by atoms with Crippen molar-refractivity contribution in [2.75, 3.05) is 57.7 Å². The molecule has 2 heterocycles. The number of nitrogens with one attached hydrogen (secondary N) is 4. The highest BCUT2D eigenvalue weighted by molar-refractivity contribution is 9.10. The zero-order valence-corrected chi connectivity index (χ0v) is 30.9. The molecule has 0 spiro atoms. The van der Waals surface area contributed by atoms with Gasteiger partial charge in [-0.15, -0.1) is 73.4 Å². The van der Waals surface area contributed by atoms with Gasteiger partial charge in [0.2, 0.25) is 5.13 Å². The summed E-state index contributed by atoms with van der Waals surface area (Å²) in [5.74, 6) is 0.0163. The summed E-state index contributed by atoms with van der Waals surface area (Å²) in [5, 5.41) is 16.7. The molecule has 2 aromatic carbocycles. The first-order chi connectivity index (χ1) is 19.0. The van der Waals surface area contributed by atoms with Crippen LogP contribution in [0.1, 0.15) is 24.0 Å². The van der Waals surface area contributed by atoms with Gasteiger partial charge < -0.3 is 32.7 Å². The molecule has 1 aromatic heterocycles. The van der Waals surface area contributed by atoms with Gasteiger partial charge in [0.05, 0.1) is 5.69 Å². The van der Waals surface area contributed by atoms with Crippen LogP contribution in [0.5, 0.6) is 0 Å². The lowest BCUT2D eigenvalue weighted by Crippen LogP contribution is -2.36. The summed E-state index contributed by atoms with van der Waals surface area (Å²) in [7, 11) is 0. The molecule has 44 heavy (non-hydrogen) atoms. The van der Waals surface area contributed by atoms with Gasteiger partial charge in [0, 0.05) is 60.4 Å². The second-order valence-corrected chi connectivity index (χ2v) is 11.4. The first-order valence-electron chi connectivity index (χ1n) is 13.6. The number of hydrogen-bond acceptors (Lipinski definition) is 8. The average Bonchev–Trinajstić information content (AvgIpc) is 3.37. The van der Waals surface area contributed by atoms with Crippen LogP contribution in [0, 0.1) is 0 Å². The summed E-state index contributed by atoms with van der Waals surface area (Å²) in [5.41, 5.74) is 16.4. The second-order valence-electron chi connectivity index (χ2n) is 9.68. The number of nitrogens with zero attached hydrogens (tertiary/aromatic N) is 3. The molecule has 1 aliphatic rings. The average molecular weight is 797 g/mol. The minimum absolute atomic E-state index is 0. The van der Waals surface area contributed by atoms with Gasteiger partial charge in [0.15, 0.2) is 5.96 Å². The van der Waals surface area contributed by atoms with Crippen LogP contribution < -0.4 is 32.7 Å². The highest BCUT2D eigenvalue weighted by Crippen LogP contribution is 2.27. The largest absolute Gasteiger partial charge is 0.381 e. The van der Waals surface area contributed by atoms with E-state index in [0.717, 1.165) is 99.7 Å². The molecular formula is C28H45BrCl5N9S. The van der Waals surface area contributed by atoms with Crippen molar-refractivity contribution in [2.24, 2.45) is 16.5 Å². The van der Waals surface area contributed by atoms with Crippen molar-refractivity contribution in [1.29, 1.82) is 0 Å². The molecule has 0 unspecified atom stereocenters. The molecule has 0 saturated carbocycles. The Morgan fingerprint density at radius 2 is 1.48 bits per heavy atom. The molecule has 0 amide bonds. The third-order valence-corrected chi connectivity index (χ3v) is 7.63. The van der Waals surface area contributed by atoms with Crippen molar-refractivity contribution >= 4 is 106 Å². The van der Waals surface area contributed by atoms with Crippen LogP contribution >= 0.6 is 89.3 Å². The number of thiazole rings is 1. The summed E-state index contributed by atoms with van der Waals surface area (Å²) in [6.45, 7) is 10.1. The van der Waals surface area contributed by atoms with Crippen LogP contribution in [0.3, 0.4) is 0 Å². The quantitative estimate of drug-likeness (QED) is 0.136. The number of aliphatic imine (C=N–C) groups is 1. The Bertz CT molecular complexity index is 1190. The molecule has 3 aromatic rings. The highest BCUT2D eigenvalue weighted by Gasteiger charge is 2.09. The number of hydrogen-bond donors (Lipinski definition) is 6. The maximum atomic E-state index is 5.45. The van der Waals surface area contributed by atoms with Crippen LogP contribution in [0.2, 0.25) is 0 Å². The molecule has 0 radical (unpaired) electrons. The number of rotatable bonds is 7. The molecule has 0 bridgehead atoms. The van der Waals surface area contributed by atoms with Gasteiger partial charge >= 0.3 is 0 Å². The van der Waals surface area contributed by atoms with E-state index in [1.165, 1.54) is 22.5 Å². The van der Waals surface area contributed by atoms with Crippen LogP contribution in [0.4, 0.5) is 10.8 Å². The van der Waals surface area contributed by atoms with Crippen LogP contribution in [0.25, 0.3) is 11.3 Å². The van der Waals surface area contributed by atoms with Gasteiger partial charge in [-0.05, 0) is 74.4 Å². The van der Waals surface area contributed by atoms with Gasteiger partial charge in [0.25, 0.3) is 0 Å². The Labute approximate surface area is 304 Å². The number of benzene rings is 2. The number of nitrogens with two attached hydrogens (primary N) is 2. The van der Waals surface area contributed by atoms with Crippen LogP contribution in [-0.4, -0.2) is 68.2 Å². The number of aromatic nitrogens is 1. The summed E-state index contributed by atoms with van der Waals surface area (Å²) in [6.07, 6.45) is 2.31. The molecule has 16 heteroatoms. The number of halogens is 6. The number of guanidine groups is 1. The fourth-order valence-electron chi connectivity index (χ4n) is 4.52. The third-order valence-electron chi connectivity index (χ3n) is 6.44. The smallest absolute Gasteiger partial charge is 0.212 e. The molecule has 250 valence electrons. The molecule has 1 fully saturated rings. The number of anilines is 1. The lowest BCUT2D eigenvalue weighted by molar-refractivity contribution is 0.260. The Morgan fingerprint density at radius 3 is 2.16 bits per heavy atom. The lowest BCUT2D eigenvalue weighted by Gasteiger charge is -2.24. The Morgan fingerprint density at radius 1 is 0.841 bits per heavy atom. The Kier molecular flexibility index (Phi) is 25.6. The fourth-order valence-corrected chi connectivity index (χ4v) is 5.82. The molecule has 1 saturated heterocycles. The van der Waals surface area contributed by atoms with Crippen molar-refractivity contribution in [3.05, 3.63) is 63.4 Å². The molecule has 8 N–H and O–H groups in total. The predicted molar refractivity (Wildman–Crippen MR) is 204 cm³/mol. The van der Waals surface area contributed by atoms with Gasteiger partial charge in [-0.3, -0.25) is 4.90 Å². The van der Waals surface area contributed by atoms with Gasteiger partial charge in [-0.25, -0.2) is 4.98 Å². The van der Waals surface area contributed by atoms with E-state index in [-0.39, 0.29) is 68.0 Å². The molecule has 0 atom stereocenters. The predicted octanol–water partition coefficient (Wildman–Crippen LogP) is 5.56. The minimum Gasteiger partial charge on any atom is -0.381 e. The Balaban J connectivity index is 0. The van der Waals surface area contributed by atoms with Gasteiger partial charge in [-0.1, -0.05) is 34.1 Å². The first-order valence-corrected chi connectivity index (χ1v) is 15.2. The van der Waals surface area contributed by atoms with Crippen molar-refractivity contribution in [3.63, 3.8) is 0 Å². The molecule has 4 rings (SSSR count). The van der Waals surface area contributed by atoms with Crippen molar-refractivity contribution < 1.29 is 0 Å². The van der Waals surface area contributed by atoms with Crippen molar-refractivity contribution in [1.82, 2.24) is 25.8 Å². The van der Waals surface area contributed by atoms with E-state index in [1.807, 2.05) is 5.38 Å². The SMILES string of the molecule is Cl.Cl.Cl.Cl.Cl.NC(N)=Nc1nc(-c2ccc(NCc3cc(Br)cc(CN4CCCNCCNCCCNCC4)c3)cc2)cs1. The molecule has 1 aliphatic heterocycles. The maximum absolute atomic E-state index is 5.45. The fraction of sp³-hybridized carbons (Fsp3) is 0.429. The summed E-state index contributed by atoms with van der Waals surface area (Å²) in [4.78, 5) is 11.1. The van der Waals surface area contributed by atoms with E-state index in [0.29, 0.717) is 5.13 Å². The third kappa shape index (κ3) is 16.5. The molecule has 0 aliphatic carbocycles. The zero-order chi connectivity index (χ0) is 27.3. The highest BCUT2D eigenvalue weighted by atomic mass is 79.9. The minimum atomic E-state index is 0. The van der Waals surface area contributed by atoms with Crippen molar-refractivity contribution in [2.45, 2.75) is 25.9 Å². The van der Waals surface area contributed by atoms with E-state index in [2.05, 4.69) is 94.5 Å². The lowest BCUT2D eigenvalue weighted by atomic mass is 10.1. The van der Waals surface area contributed by atoms with Crippen LogP contribution in [0.15, 0.2) is 57.3 Å². The Hall–Kier alpha value is -1.09. The normalized spacial score (nSPS) is 14.5. The van der Waals surface area contributed by atoms with E-state index in [9.17, 15) is 0 Å². The molecular weight excluding hydrogens is 752 g/mol. The van der Waals surface area contributed by atoms with E-state index >= 15 is 0 Å². The maximum Gasteiger partial charge on any atom is 0.212 e.